The molecule has 0 aliphatic heterocycles. The summed E-state index contributed by atoms with van der Waals surface area (Å²) in [5.74, 6) is 0. The molecule has 3 nitrogen and oxygen atoms in total. The van der Waals surface area contributed by atoms with E-state index in [0.29, 0.717) is 12.5 Å². The highest BCUT2D eigenvalue weighted by molar-refractivity contribution is 5.15. The lowest BCUT2D eigenvalue weighted by Gasteiger charge is -2.35. The van der Waals surface area contributed by atoms with Gasteiger partial charge in [0.15, 0.2) is 0 Å². The van der Waals surface area contributed by atoms with Gasteiger partial charge in [0.2, 0.25) is 0 Å². The molecule has 1 aromatic heterocycles. The zero-order chi connectivity index (χ0) is 13.0. The number of hydrogen-bond acceptors (Lipinski definition) is 3. The van der Waals surface area contributed by atoms with Gasteiger partial charge in [-0.3, -0.25) is 4.98 Å². The normalized spacial score (nSPS) is 28.3. The monoisotopic (exact) mass is 248 g/mol. The van der Waals surface area contributed by atoms with Crippen LogP contribution in [0.1, 0.15) is 43.9 Å². The highest BCUT2D eigenvalue weighted by Crippen LogP contribution is 2.30. The van der Waals surface area contributed by atoms with E-state index in [1.807, 2.05) is 13.2 Å². The third kappa shape index (κ3) is 3.30. The number of aliphatic hydroxyl groups is 1. The number of nitrogens with one attached hydrogen (secondary N) is 1. The lowest BCUT2D eigenvalue weighted by atomic mass is 9.79. The molecule has 100 valence electrons. The van der Waals surface area contributed by atoms with Crippen molar-refractivity contribution in [3.8, 4) is 0 Å². The highest BCUT2D eigenvalue weighted by Gasteiger charge is 2.33. The molecule has 18 heavy (non-hydrogen) atoms. The summed E-state index contributed by atoms with van der Waals surface area (Å²) in [5, 5.41) is 13.9. The Morgan fingerprint density at radius 1 is 1.39 bits per heavy atom. The molecule has 1 saturated carbocycles. The topological polar surface area (TPSA) is 45.1 Å². The molecular weight excluding hydrogens is 224 g/mol. The minimum Gasteiger partial charge on any atom is -0.389 e. The molecule has 0 unspecified atom stereocenters. The van der Waals surface area contributed by atoms with Crippen LogP contribution in [0, 0.1) is 0 Å². The van der Waals surface area contributed by atoms with Crippen LogP contribution >= 0.6 is 0 Å². The maximum Gasteiger partial charge on any atom is 0.0704 e. The van der Waals surface area contributed by atoms with E-state index in [4.69, 9.17) is 0 Å². The zero-order valence-corrected chi connectivity index (χ0v) is 11.4. The lowest BCUT2D eigenvalue weighted by molar-refractivity contribution is -0.00321. The molecule has 1 aliphatic rings. The van der Waals surface area contributed by atoms with E-state index in [-0.39, 0.29) is 0 Å². The van der Waals surface area contributed by atoms with Crippen LogP contribution in [0.15, 0.2) is 18.3 Å². The molecule has 1 fully saturated rings. The molecule has 0 radical (unpaired) electrons. The van der Waals surface area contributed by atoms with Gasteiger partial charge in [-0.25, -0.2) is 0 Å². The van der Waals surface area contributed by atoms with Crippen molar-refractivity contribution in [2.75, 3.05) is 7.05 Å². The van der Waals surface area contributed by atoms with Gasteiger partial charge in [0, 0.05) is 24.4 Å². The maximum atomic E-state index is 10.6. The van der Waals surface area contributed by atoms with E-state index in [1.54, 1.807) is 0 Å². The van der Waals surface area contributed by atoms with E-state index >= 15 is 0 Å². The molecule has 0 spiro atoms. The van der Waals surface area contributed by atoms with Crippen LogP contribution in [0.25, 0.3) is 0 Å². The van der Waals surface area contributed by atoms with Gasteiger partial charge in [0.25, 0.3) is 0 Å². The maximum absolute atomic E-state index is 10.6. The van der Waals surface area contributed by atoms with Crippen molar-refractivity contribution >= 4 is 0 Å². The fraction of sp³-hybridized carbons (Fsp3) is 0.667. The van der Waals surface area contributed by atoms with E-state index in [9.17, 15) is 5.11 Å². The smallest absolute Gasteiger partial charge is 0.0704 e. The molecule has 0 aromatic carbocycles. The summed E-state index contributed by atoms with van der Waals surface area (Å²) in [7, 11) is 2.00. The van der Waals surface area contributed by atoms with Crippen LogP contribution in [0.3, 0.4) is 0 Å². The number of hydrogen-bond donors (Lipinski definition) is 2. The minimum atomic E-state index is -0.548. The van der Waals surface area contributed by atoms with Crippen molar-refractivity contribution in [1.82, 2.24) is 10.3 Å². The molecule has 0 bridgehead atoms. The van der Waals surface area contributed by atoms with Gasteiger partial charge in [-0.05, 0) is 50.8 Å². The molecule has 3 heteroatoms. The average Bonchev–Trinajstić information content (AvgIpc) is 2.40. The minimum absolute atomic E-state index is 0.548. The predicted octanol–water partition coefficient (Wildman–Crippen LogP) is 2.08. The first-order valence-corrected chi connectivity index (χ1v) is 6.98. The first-order chi connectivity index (χ1) is 8.65. The zero-order valence-electron chi connectivity index (χ0n) is 11.4. The van der Waals surface area contributed by atoms with Gasteiger partial charge in [-0.15, -0.1) is 0 Å². The number of aryl methyl sites for hydroxylation is 1. The van der Waals surface area contributed by atoms with Crippen LogP contribution < -0.4 is 5.32 Å². The number of nitrogens with zero attached hydrogens (tertiary/aromatic N) is 1. The average molecular weight is 248 g/mol. The molecule has 0 atom stereocenters. The largest absolute Gasteiger partial charge is 0.389 e. The van der Waals surface area contributed by atoms with Crippen molar-refractivity contribution in [2.24, 2.45) is 0 Å². The van der Waals surface area contributed by atoms with E-state index in [2.05, 4.69) is 29.4 Å². The van der Waals surface area contributed by atoms with Gasteiger partial charge in [0.1, 0.15) is 0 Å². The first kappa shape index (κ1) is 13.5. The van der Waals surface area contributed by atoms with E-state index in [1.165, 1.54) is 5.56 Å². The van der Waals surface area contributed by atoms with Gasteiger partial charge < -0.3 is 10.4 Å². The molecular formula is C15H24N2O. The lowest BCUT2D eigenvalue weighted by Crippen LogP contribution is -2.41. The van der Waals surface area contributed by atoms with Crippen molar-refractivity contribution < 1.29 is 5.11 Å². The molecule has 1 aromatic rings. The van der Waals surface area contributed by atoms with Crippen molar-refractivity contribution in [3.63, 3.8) is 0 Å². The van der Waals surface area contributed by atoms with Gasteiger partial charge in [0.05, 0.1) is 5.60 Å². The first-order valence-electron chi connectivity index (χ1n) is 6.98. The summed E-state index contributed by atoms with van der Waals surface area (Å²) in [5.41, 5.74) is 1.72. The standard InChI is InChI=1S/C15H24N2O/c1-3-12-4-5-14(17-11-12)10-15(18)8-6-13(16-2)7-9-15/h4-5,11,13,16,18H,3,6-10H2,1-2H3. The second-order valence-corrected chi connectivity index (χ2v) is 5.48. The number of aromatic nitrogens is 1. The third-order valence-corrected chi connectivity index (χ3v) is 4.13. The van der Waals surface area contributed by atoms with Gasteiger partial charge in [-0.1, -0.05) is 13.0 Å². The summed E-state index contributed by atoms with van der Waals surface area (Å²) in [6.07, 6.45) is 7.48. The Morgan fingerprint density at radius 2 is 2.11 bits per heavy atom. The van der Waals surface area contributed by atoms with Crippen LogP contribution in [-0.4, -0.2) is 28.8 Å². The third-order valence-electron chi connectivity index (χ3n) is 4.13. The fourth-order valence-corrected chi connectivity index (χ4v) is 2.73. The van der Waals surface area contributed by atoms with Gasteiger partial charge in [-0.2, -0.15) is 0 Å². The Kier molecular flexibility index (Phi) is 4.36. The molecule has 0 saturated heterocycles. The number of rotatable bonds is 4. The Hall–Kier alpha value is -0.930. The van der Waals surface area contributed by atoms with Crippen molar-refractivity contribution in [2.45, 2.75) is 57.1 Å². The second kappa shape index (κ2) is 5.81. The Labute approximate surface area is 110 Å². The molecule has 2 N–H and O–H groups in total. The summed E-state index contributed by atoms with van der Waals surface area (Å²) in [4.78, 5) is 4.45. The van der Waals surface area contributed by atoms with Gasteiger partial charge >= 0.3 is 0 Å². The number of pyridine rings is 1. The Morgan fingerprint density at radius 3 is 2.61 bits per heavy atom. The van der Waals surface area contributed by atoms with Crippen LogP contribution in [0.5, 0.6) is 0 Å². The quantitative estimate of drug-likeness (QED) is 0.857. The van der Waals surface area contributed by atoms with Crippen molar-refractivity contribution in [1.29, 1.82) is 0 Å². The highest BCUT2D eigenvalue weighted by atomic mass is 16.3. The molecule has 1 aliphatic carbocycles. The van der Waals surface area contributed by atoms with Crippen molar-refractivity contribution in [3.05, 3.63) is 29.6 Å². The Balaban J connectivity index is 1.95. The SMILES string of the molecule is CCc1ccc(CC2(O)CCC(NC)CC2)nc1. The fourth-order valence-electron chi connectivity index (χ4n) is 2.73. The summed E-state index contributed by atoms with van der Waals surface area (Å²) in [6, 6.07) is 4.74. The molecule has 0 amide bonds. The Bertz CT molecular complexity index is 367. The predicted molar refractivity (Wildman–Crippen MR) is 73.6 cm³/mol. The summed E-state index contributed by atoms with van der Waals surface area (Å²) < 4.78 is 0. The van der Waals surface area contributed by atoms with Crippen LogP contribution in [-0.2, 0) is 12.8 Å². The van der Waals surface area contributed by atoms with E-state index < -0.39 is 5.60 Å². The summed E-state index contributed by atoms with van der Waals surface area (Å²) >= 11 is 0. The van der Waals surface area contributed by atoms with Crippen LogP contribution in [0.2, 0.25) is 0 Å². The molecule has 1 heterocycles. The second-order valence-electron chi connectivity index (χ2n) is 5.48. The summed E-state index contributed by atoms with van der Waals surface area (Å²) in [6.45, 7) is 2.13. The van der Waals surface area contributed by atoms with E-state index in [0.717, 1.165) is 37.8 Å². The van der Waals surface area contributed by atoms with Crippen LogP contribution in [0.4, 0.5) is 0 Å². The molecule has 2 rings (SSSR count).